The summed E-state index contributed by atoms with van der Waals surface area (Å²) in [6.07, 6.45) is 12.1. The van der Waals surface area contributed by atoms with Crippen molar-refractivity contribution in [3.05, 3.63) is 24.3 Å². The van der Waals surface area contributed by atoms with Gasteiger partial charge in [0.15, 0.2) is 0 Å². The molecule has 0 aliphatic heterocycles. The van der Waals surface area contributed by atoms with Crippen LogP contribution >= 0.6 is 0 Å². The molecule has 3 N–H and O–H groups in total. The first-order valence-electron chi connectivity index (χ1n) is 9.39. The van der Waals surface area contributed by atoms with Gasteiger partial charge in [-0.15, -0.1) is 0 Å². The second kappa shape index (κ2) is 12.0. The van der Waals surface area contributed by atoms with Gasteiger partial charge in [0.1, 0.15) is 5.78 Å². The molecule has 0 aromatic rings. The molecule has 1 aliphatic carbocycles. The Morgan fingerprint density at radius 2 is 2.04 bits per heavy atom. The Morgan fingerprint density at radius 1 is 1.28 bits per heavy atom. The number of carbonyl (C=O) groups is 2. The highest BCUT2D eigenvalue weighted by Gasteiger charge is 2.39. The molecule has 0 aromatic carbocycles. The maximum atomic E-state index is 12.1. The predicted molar refractivity (Wildman–Crippen MR) is 97.1 cm³/mol. The summed E-state index contributed by atoms with van der Waals surface area (Å²) in [5.41, 5.74) is 0. The lowest BCUT2D eigenvalue weighted by molar-refractivity contribution is -0.137. The van der Waals surface area contributed by atoms with Gasteiger partial charge in [0, 0.05) is 24.7 Å². The van der Waals surface area contributed by atoms with Crippen LogP contribution in [0.4, 0.5) is 0 Å². The van der Waals surface area contributed by atoms with E-state index < -0.39 is 18.2 Å². The second-order valence-electron chi connectivity index (χ2n) is 6.86. The van der Waals surface area contributed by atoms with E-state index in [1.54, 1.807) is 12.2 Å². The number of carboxylic acids is 1. The van der Waals surface area contributed by atoms with Crippen LogP contribution in [0, 0.1) is 11.8 Å². The molecule has 1 rings (SSSR count). The number of aliphatic carboxylic acids is 1. The molecule has 1 fully saturated rings. The first kappa shape index (κ1) is 21.6. The number of unbranched alkanes of at least 4 members (excludes halogenated alkanes) is 3. The van der Waals surface area contributed by atoms with E-state index in [4.69, 9.17) is 5.11 Å². The lowest BCUT2D eigenvalue weighted by atomic mass is 9.90. The van der Waals surface area contributed by atoms with Crippen molar-refractivity contribution in [3.63, 3.8) is 0 Å². The van der Waals surface area contributed by atoms with Gasteiger partial charge in [0.05, 0.1) is 12.2 Å². The average Bonchev–Trinajstić information content (AvgIpc) is 2.82. The third kappa shape index (κ3) is 8.45. The molecule has 4 atom stereocenters. The fraction of sp³-hybridized carbons (Fsp3) is 0.700. The Morgan fingerprint density at radius 3 is 2.72 bits per heavy atom. The van der Waals surface area contributed by atoms with Crippen molar-refractivity contribution < 1.29 is 24.9 Å². The molecule has 25 heavy (non-hydrogen) atoms. The minimum atomic E-state index is -0.801. The Kier molecular flexibility index (Phi) is 10.3. The van der Waals surface area contributed by atoms with Gasteiger partial charge in [-0.2, -0.15) is 0 Å². The zero-order valence-corrected chi connectivity index (χ0v) is 15.1. The van der Waals surface area contributed by atoms with Crippen LogP contribution in [0.1, 0.15) is 64.7 Å². The molecule has 0 bridgehead atoms. The van der Waals surface area contributed by atoms with Crippen LogP contribution in [0.15, 0.2) is 24.3 Å². The highest BCUT2D eigenvalue weighted by atomic mass is 16.4. The van der Waals surface area contributed by atoms with Crippen LogP contribution < -0.4 is 0 Å². The topological polar surface area (TPSA) is 94.8 Å². The molecule has 0 saturated heterocycles. The fourth-order valence-corrected chi connectivity index (χ4v) is 3.22. The summed E-state index contributed by atoms with van der Waals surface area (Å²) >= 11 is 0. The van der Waals surface area contributed by atoms with Gasteiger partial charge < -0.3 is 15.3 Å². The van der Waals surface area contributed by atoms with Gasteiger partial charge in [-0.05, 0) is 25.7 Å². The molecule has 0 aromatic heterocycles. The van der Waals surface area contributed by atoms with Crippen molar-refractivity contribution in [1.29, 1.82) is 0 Å². The molecule has 0 amide bonds. The van der Waals surface area contributed by atoms with Crippen LogP contribution in [0.3, 0.4) is 0 Å². The summed E-state index contributed by atoms with van der Waals surface area (Å²) in [4.78, 5) is 22.5. The van der Waals surface area contributed by atoms with Crippen LogP contribution in [0.2, 0.25) is 0 Å². The fourth-order valence-electron chi connectivity index (χ4n) is 3.22. The number of aliphatic hydroxyl groups is 2. The van der Waals surface area contributed by atoms with E-state index in [2.05, 4.69) is 6.92 Å². The number of aliphatic hydroxyl groups excluding tert-OH is 2. The van der Waals surface area contributed by atoms with E-state index >= 15 is 0 Å². The average molecular weight is 352 g/mol. The van der Waals surface area contributed by atoms with Crippen molar-refractivity contribution in [2.75, 3.05) is 0 Å². The molecule has 5 heteroatoms. The van der Waals surface area contributed by atoms with E-state index in [9.17, 15) is 19.8 Å². The summed E-state index contributed by atoms with van der Waals surface area (Å²) in [6, 6.07) is 0. The number of hydrogen-bond acceptors (Lipinski definition) is 4. The van der Waals surface area contributed by atoms with Gasteiger partial charge in [0.2, 0.25) is 0 Å². The summed E-state index contributed by atoms with van der Waals surface area (Å²) in [5, 5.41) is 28.7. The van der Waals surface area contributed by atoms with E-state index in [1.807, 2.05) is 12.2 Å². The van der Waals surface area contributed by atoms with Crippen molar-refractivity contribution in [2.24, 2.45) is 11.8 Å². The number of rotatable bonds is 12. The van der Waals surface area contributed by atoms with Crippen molar-refractivity contribution >= 4 is 11.8 Å². The SMILES string of the molecule is CCCCC[C@H](O)/C=C/[C@H]1[C@@H](O)CC(=O)[C@@H]1C/C=C/CCCC(=O)O. The zero-order valence-electron chi connectivity index (χ0n) is 15.1. The van der Waals surface area contributed by atoms with Gasteiger partial charge >= 0.3 is 5.97 Å². The van der Waals surface area contributed by atoms with Crippen LogP contribution in [0.5, 0.6) is 0 Å². The molecule has 142 valence electrons. The molecule has 0 radical (unpaired) electrons. The van der Waals surface area contributed by atoms with Crippen molar-refractivity contribution in [1.82, 2.24) is 0 Å². The van der Waals surface area contributed by atoms with Crippen LogP contribution in [-0.4, -0.2) is 39.3 Å². The summed E-state index contributed by atoms with van der Waals surface area (Å²) in [6.45, 7) is 2.11. The Balaban J connectivity index is 2.48. The van der Waals surface area contributed by atoms with Crippen molar-refractivity contribution in [2.45, 2.75) is 76.9 Å². The highest BCUT2D eigenvalue weighted by Crippen LogP contribution is 2.33. The maximum Gasteiger partial charge on any atom is 0.303 e. The summed E-state index contributed by atoms with van der Waals surface area (Å²) in [7, 11) is 0. The summed E-state index contributed by atoms with van der Waals surface area (Å²) in [5.74, 6) is -1.26. The second-order valence-corrected chi connectivity index (χ2v) is 6.86. The zero-order chi connectivity index (χ0) is 18.7. The number of carbonyl (C=O) groups excluding carboxylic acids is 1. The summed E-state index contributed by atoms with van der Waals surface area (Å²) < 4.78 is 0. The van der Waals surface area contributed by atoms with E-state index in [1.165, 1.54) is 0 Å². The number of ketones is 1. The van der Waals surface area contributed by atoms with Crippen LogP contribution in [-0.2, 0) is 9.59 Å². The quantitative estimate of drug-likeness (QED) is 0.370. The molecule has 0 spiro atoms. The molecule has 1 saturated carbocycles. The highest BCUT2D eigenvalue weighted by molar-refractivity contribution is 5.84. The largest absolute Gasteiger partial charge is 0.481 e. The molecule has 1 aliphatic rings. The number of allylic oxidation sites excluding steroid dienone is 2. The third-order valence-electron chi connectivity index (χ3n) is 4.71. The number of Topliss-reactive ketones (excluding diaryl/α,β-unsaturated/α-hetero) is 1. The lowest BCUT2D eigenvalue weighted by Gasteiger charge is -2.16. The van der Waals surface area contributed by atoms with Gasteiger partial charge in [-0.25, -0.2) is 0 Å². The first-order chi connectivity index (χ1) is 12.0. The number of hydrogen-bond donors (Lipinski definition) is 3. The molecular weight excluding hydrogens is 320 g/mol. The van der Waals surface area contributed by atoms with E-state index in [-0.39, 0.29) is 30.5 Å². The normalized spacial score (nSPS) is 25.2. The molecule has 0 unspecified atom stereocenters. The van der Waals surface area contributed by atoms with Gasteiger partial charge in [-0.1, -0.05) is 50.5 Å². The minimum Gasteiger partial charge on any atom is -0.481 e. The first-order valence-corrected chi connectivity index (χ1v) is 9.39. The Bertz CT molecular complexity index is 469. The monoisotopic (exact) mass is 352 g/mol. The van der Waals surface area contributed by atoms with Gasteiger partial charge in [-0.3, -0.25) is 9.59 Å². The standard InChI is InChI=1S/C20H32O5/c1-2-3-6-9-15(21)12-13-17-16(18(22)14-19(17)23)10-7-4-5-8-11-20(24)25/h4,7,12-13,15-17,19,21,23H,2-3,5-6,8-11,14H2,1H3,(H,24,25)/b7-4+,13-12+/t15-,16+,17+,19-/m0/s1. The van der Waals surface area contributed by atoms with Crippen LogP contribution in [0.25, 0.3) is 0 Å². The minimum absolute atomic E-state index is 0.0535. The number of carboxylic acid groups (broad SMARTS) is 1. The van der Waals surface area contributed by atoms with Gasteiger partial charge in [0.25, 0.3) is 0 Å². The van der Waals surface area contributed by atoms with E-state index in [0.717, 1.165) is 19.3 Å². The lowest BCUT2D eigenvalue weighted by Crippen LogP contribution is -2.18. The predicted octanol–water partition coefficient (Wildman–Crippen LogP) is 3.25. The Hall–Kier alpha value is -1.46. The maximum absolute atomic E-state index is 12.1. The molecular formula is C20H32O5. The van der Waals surface area contributed by atoms with E-state index in [0.29, 0.717) is 25.7 Å². The smallest absolute Gasteiger partial charge is 0.303 e. The third-order valence-corrected chi connectivity index (χ3v) is 4.71. The molecule has 5 nitrogen and oxygen atoms in total. The Labute approximate surface area is 150 Å². The molecule has 0 heterocycles. The van der Waals surface area contributed by atoms with Crippen molar-refractivity contribution in [3.8, 4) is 0 Å².